The summed E-state index contributed by atoms with van der Waals surface area (Å²) in [4.78, 5) is 26.6. The van der Waals surface area contributed by atoms with Crippen LogP contribution in [-0.2, 0) is 27.9 Å². The van der Waals surface area contributed by atoms with E-state index in [0.717, 1.165) is 19.3 Å². The van der Waals surface area contributed by atoms with Crippen LogP contribution in [0.5, 0.6) is 0 Å². The molecule has 0 unspecified atom stereocenters. The van der Waals surface area contributed by atoms with Gasteiger partial charge in [-0.15, -0.1) is 0 Å². The SMILES string of the molecule is CC(C)C(C(=O)O[C@@H]1C[C@H](O[Si](C)(C)C(C)(C)C)C=C2C=C[C@H](C)[C@H](CC[C@@H]3C[C@@H](O[Si](C)(C)C(C)(C)C)CC(=O)O3)[C@H]21)C(C)C. The van der Waals surface area contributed by atoms with Gasteiger partial charge in [-0.3, -0.25) is 9.59 Å². The minimum Gasteiger partial charge on any atom is -0.462 e. The van der Waals surface area contributed by atoms with Crippen molar-refractivity contribution < 1.29 is 27.9 Å². The molecule has 264 valence electrons. The number of allylic oxidation sites excluding steroid dienone is 2. The summed E-state index contributed by atoms with van der Waals surface area (Å²) in [5.41, 5.74) is 1.22. The summed E-state index contributed by atoms with van der Waals surface area (Å²) in [5.74, 6) is 0.675. The lowest BCUT2D eigenvalue weighted by molar-refractivity contribution is -0.164. The molecule has 0 amide bonds. The number of carbonyl (C=O) groups excluding carboxylic acids is 2. The third-order valence-electron chi connectivity index (χ3n) is 11.9. The Morgan fingerprint density at radius 1 is 0.913 bits per heavy atom. The van der Waals surface area contributed by atoms with Crippen LogP contribution in [0.2, 0.25) is 36.3 Å². The molecule has 0 saturated carbocycles. The van der Waals surface area contributed by atoms with Gasteiger partial charge in [-0.05, 0) is 78.4 Å². The highest BCUT2D eigenvalue weighted by Gasteiger charge is 2.47. The number of esters is 2. The molecule has 0 bridgehead atoms. The average molecular weight is 677 g/mol. The zero-order valence-corrected chi connectivity index (χ0v) is 34.0. The summed E-state index contributed by atoms with van der Waals surface area (Å²) in [6, 6.07) is 0. The van der Waals surface area contributed by atoms with Gasteiger partial charge in [-0.25, -0.2) is 0 Å². The van der Waals surface area contributed by atoms with Crippen LogP contribution in [0.4, 0.5) is 0 Å². The summed E-state index contributed by atoms with van der Waals surface area (Å²) in [6.07, 6.45) is 9.69. The number of hydrogen-bond donors (Lipinski definition) is 0. The Morgan fingerprint density at radius 3 is 2.02 bits per heavy atom. The first kappa shape index (κ1) is 39.2. The fraction of sp³-hybridized carbons (Fsp3) is 0.842. The number of hydrogen-bond acceptors (Lipinski definition) is 6. The molecule has 0 spiro atoms. The number of carbonyl (C=O) groups is 2. The highest BCUT2D eigenvalue weighted by molar-refractivity contribution is 6.74. The fourth-order valence-electron chi connectivity index (χ4n) is 7.23. The predicted octanol–water partition coefficient (Wildman–Crippen LogP) is 9.86. The Bertz CT molecular complexity index is 1120. The molecule has 0 aromatic rings. The second-order valence-electron chi connectivity index (χ2n) is 18.3. The lowest BCUT2D eigenvalue weighted by Crippen LogP contribution is -2.49. The zero-order valence-electron chi connectivity index (χ0n) is 32.0. The fourth-order valence-corrected chi connectivity index (χ4v) is 9.87. The number of fused-ring (bicyclic) bond motifs is 1. The van der Waals surface area contributed by atoms with Crippen LogP contribution in [0, 0.1) is 35.5 Å². The van der Waals surface area contributed by atoms with E-state index in [1.807, 2.05) is 0 Å². The Morgan fingerprint density at radius 2 is 1.48 bits per heavy atom. The van der Waals surface area contributed by atoms with Crippen LogP contribution in [0.25, 0.3) is 0 Å². The monoisotopic (exact) mass is 676 g/mol. The molecule has 0 aromatic heterocycles. The van der Waals surface area contributed by atoms with Crippen molar-refractivity contribution >= 4 is 28.6 Å². The van der Waals surface area contributed by atoms with Crippen molar-refractivity contribution in [3.63, 3.8) is 0 Å². The molecule has 3 rings (SSSR count). The van der Waals surface area contributed by atoms with Crippen LogP contribution in [0.3, 0.4) is 0 Å². The third-order valence-corrected chi connectivity index (χ3v) is 20.9. The molecule has 1 fully saturated rings. The van der Waals surface area contributed by atoms with Gasteiger partial charge < -0.3 is 18.3 Å². The van der Waals surface area contributed by atoms with Gasteiger partial charge in [0.2, 0.25) is 0 Å². The Kier molecular flexibility index (Phi) is 12.5. The maximum absolute atomic E-state index is 13.8. The largest absolute Gasteiger partial charge is 0.462 e. The molecule has 0 radical (unpaired) electrons. The highest BCUT2D eigenvalue weighted by atomic mass is 28.4. The minimum atomic E-state index is -2.05. The molecule has 7 atom stereocenters. The summed E-state index contributed by atoms with van der Waals surface area (Å²) in [6.45, 7) is 33.3. The molecule has 2 aliphatic carbocycles. The van der Waals surface area contributed by atoms with E-state index < -0.39 is 16.6 Å². The zero-order chi connectivity index (χ0) is 35.0. The summed E-state index contributed by atoms with van der Waals surface area (Å²) in [5, 5.41) is 0.165. The second-order valence-corrected chi connectivity index (χ2v) is 27.9. The van der Waals surface area contributed by atoms with Crippen molar-refractivity contribution in [2.45, 2.75) is 169 Å². The first-order valence-electron chi connectivity index (χ1n) is 18.1. The quantitative estimate of drug-likeness (QED) is 0.160. The van der Waals surface area contributed by atoms with Crippen LogP contribution in [0.15, 0.2) is 23.8 Å². The van der Waals surface area contributed by atoms with E-state index in [4.69, 9.17) is 18.3 Å². The molecule has 8 heteroatoms. The normalized spacial score (nSPS) is 29.6. The van der Waals surface area contributed by atoms with Crippen LogP contribution >= 0.6 is 0 Å². The second kappa shape index (κ2) is 14.7. The first-order chi connectivity index (χ1) is 20.9. The molecule has 0 aromatic carbocycles. The molecule has 3 aliphatic rings. The van der Waals surface area contributed by atoms with Gasteiger partial charge >= 0.3 is 11.9 Å². The molecule has 0 N–H and O–H groups in total. The van der Waals surface area contributed by atoms with E-state index in [-0.39, 0.29) is 76.0 Å². The Hall–Kier alpha value is -1.23. The number of cyclic esters (lactones) is 1. The molecule has 46 heavy (non-hydrogen) atoms. The molecule has 1 aliphatic heterocycles. The van der Waals surface area contributed by atoms with E-state index in [2.05, 4.69) is 121 Å². The molecule has 1 saturated heterocycles. The maximum Gasteiger partial charge on any atom is 0.309 e. The number of rotatable bonds is 11. The van der Waals surface area contributed by atoms with E-state index in [9.17, 15) is 9.59 Å². The van der Waals surface area contributed by atoms with E-state index in [1.54, 1.807) is 0 Å². The maximum atomic E-state index is 13.8. The molecule has 6 nitrogen and oxygen atoms in total. The first-order valence-corrected chi connectivity index (χ1v) is 23.9. The van der Waals surface area contributed by atoms with Crippen molar-refractivity contribution in [3.05, 3.63) is 23.8 Å². The molecule has 1 heterocycles. The lowest BCUT2D eigenvalue weighted by atomic mass is 9.66. The van der Waals surface area contributed by atoms with Crippen molar-refractivity contribution in [1.29, 1.82) is 0 Å². The summed E-state index contributed by atoms with van der Waals surface area (Å²) >= 11 is 0. The van der Waals surface area contributed by atoms with Crippen LogP contribution in [0.1, 0.15) is 108 Å². The van der Waals surface area contributed by atoms with Gasteiger partial charge in [0.25, 0.3) is 0 Å². The van der Waals surface area contributed by atoms with E-state index in [1.165, 1.54) is 5.57 Å². The van der Waals surface area contributed by atoms with E-state index >= 15 is 0 Å². The van der Waals surface area contributed by atoms with Crippen molar-refractivity contribution in [3.8, 4) is 0 Å². The van der Waals surface area contributed by atoms with Crippen LogP contribution in [-0.4, -0.2) is 53.0 Å². The van der Waals surface area contributed by atoms with Gasteiger partial charge in [-0.1, -0.05) is 94.4 Å². The predicted molar refractivity (Wildman–Crippen MR) is 194 cm³/mol. The van der Waals surface area contributed by atoms with Gasteiger partial charge in [0.15, 0.2) is 16.6 Å². The van der Waals surface area contributed by atoms with Crippen molar-refractivity contribution in [2.75, 3.05) is 0 Å². The van der Waals surface area contributed by atoms with Crippen LogP contribution < -0.4 is 0 Å². The smallest absolute Gasteiger partial charge is 0.309 e. The molecular weight excluding hydrogens is 609 g/mol. The van der Waals surface area contributed by atoms with Gasteiger partial charge in [0, 0.05) is 18.8 Å². The van der Waals surface area contributed by atoms with Crippen molar-refractivity contribution in [2.24, 2.45) is 35.5 Å². The van der Waals surface area contributed by atoms with Gasteiger partial charge in [-0.2, -0.15) is 0 Å². The Balaban J connectivity index is 1.87. The average Bonchev–Trinajstić information content (AvgIpc) is 2.85. The minimum absolute atomic E-state index is 0.0813. The lowest BCUT2D eigenvalue weighted by Gasteiger charge is -2.46. The molecular formula is C38H68O6Si2. The van der Waals surface area contributed by atoms with E-state index in [0.29, 0.717) is 18.8 Å². The Labute approximate surface area is 284 Å². The van der Waals surface area contributed by atoms with Gasteiger partial charge in [0.1, 0.15) is 12.2 Å². The van der Waals surface area contributed by atoms with Crippen molar-refractivity contribution in [1.82, 2.24) is 0 Å². The standard InChI is InChI=1S/C38H68O6Si2/c1-24(2)34(25(3)4)36(40)42-32-22-29(43-45(12,13)37(6,7)8)20-27-17-16-26(5)31(35(27)32)19-18-28-21-30(23-33(39)41-28)44-46(14,15)38(9,10)11/h16-17,20,24-26,28-32,34-35H,18-19,21-23H2,1-15H3/t26-,28+,29+,30+,31-,32+,35-/m0/s1. The number of ether oxygens (including phenoxy) is 2. The highest BCUT2D eigenvalue weighted by Crippen LogP contribution is 2.47. The third kappa shape index (κ3) is 9.47. The van der Waals surface area contributed by atoms with Gasteiger partial charge in [0.05, 0.1) is 24.5 Å². The topological polar surface area (TPSA) is 71.1 Å². The summed E-state index contributed by atoms with van der Waals surface area (Å²) in [7, 11) is -4.06. The summed E-state index contributed by atoms with van der Waals surface area (Å²) < 4.78 is 26.1.